The minimum absolute atomic E-state index is 0.268. The van der Waals surface area contributed by atoms with Crippen molar-refractivity contribution in [3.8, 4) is 28.4 Å². The summed E-state index contributed by atoms with van der Waals surface area (Å²) in [6.07, 6.45) is 3.41. The van der Waals surface area contributed by atoms with E-state index >= 15 is 0 Å². The summed E-state index contributed by atoms with van der Waals surface area (Å²) in [5.41, 5.74) is 4.52. The number of benzene rings is 3. The van der Waals surface area contributed by atoms with E-state index < -0.39 is 12.0 Å². The summed E-state index contributed by atoms with van der Waals surface area (Å²) in [7, 11) is 3.22. The van der Waals surface area contributed by atoms with Gasteiger partial charge in [-0.2, -0.15) is 5.10 Å². The number of hydrogen-bond acceptors (Lipinski definition) is 8. The number of para-hydroxylation sites is 1. The van der Waals surface area contributed by atoms with Crippen molar-refractivity contribution in [1.82, 2.24) is 14.3 Å². The van der Waals surface area contributed by atoms with E-state index in [1.165, 1.54) is 11.3 Å². The SMILES string of the molecule is COc1ccc(-c2nn(-c3ccccc3)cc2/C=c2\sc3n(c2=O)[C@H](c2ccc(OC)cc2)C(C(=O)OC(C)C)=C(C)N=3)cc1. The Labute approximate surface area is 264 Å². The molecule has 10 heteroatoms. The predicted molar refractivity (Wildman–Crippen MR) is 174 cm³/mol. The Morgan fingerprint density at radius 2 is 1.58 bits per heavy atom. The van der Waals surface area contributed by atoms with E-state index in [1.807, 2.05) is 91.1 Å². The number of carbonyl (C=O) groups excluding carboxylic acids is 1. The maximum Gasteiger partial charge on any atom is 0.338 e. The first-order chi connectivity index (χ1) is 21.8. The van der Waals surface area contributed by atoms with Crippen molar-refractivity contribution in [3.63, 3.8) is 0 Å². The van der Waals surface area contributed by atoms with Gasteiger partial charge in [0.25, 0.3) is 5.56 Å². The van der Waals surface area contributed by atoms with Crippen LogP contribution in [0.1, 0.15) is 37.9 Å². The Kier molecular flexibility index (Phi) is 8.23. The highest BCUT2D eigenvalue weighted by Crippen LogP contribution is 2.32. The van der Waals surface area contributed by atoms with Crippen molar-refractivity contribution in [1.29, 1.82) is 0 Å². The predicted octanol–water partition coefficient (Wildman–Crippen LogP) is 5.06. The van der Waals surface area contributed by atoms with Gasteiger partial charge >= 0.3 is 5.97 Å². The maximum absolute atomic E-state index is 14.3. The molecule has 45 heavy (non-hydrogen) atoms. The summed E-state index contributed by atoms with van der Waals surface area (Å²) >= 11 is 1.27. The summed E-state index contributed by atoms with van der Waals surface area (Å²) in [6, 6.07) is 24.0. The van der Waals surface area contributed by atoms with E-state index in [-0.39, 0.29) is 11.7 Å². The molecular weight excluding hydrogens is 588 g/mol. The minimum Gasteiger partial charge on any atom is -0.497 e. The van der Waals surface area contributed by atoms with E-state index in [0.717, 1.165) is 28.1 Å². The number of carbonyl (C=O) groups is 1. The molecule has 0 radical (unpaired) electrons. The fourth-order valence-corrected chi connectivity index (χ4v) is 6.32. The van der Waals surface area contributed by atoms with Gasteiger partial charge in [0.1, 0.15) is 17.2 Å². The first-order valence-corrected chi connectivity index (χ1v) is 15.3. The second-order valence-corrected chi connectivity index (χ2v) is 11.8. The lowest BCUT2D eigenvalue weighted by molar-refractivity contribution is -0.143. The molecular formula is C35H32N4O5S. The van der Waals surface area contributed by atoms with Gasteiger partial charge in [-0.05, 0) is 80.9 Å². The van der Waals surface area contributed by atoms with Crippen LogP contribution in [0.25, 0.3) is 23.0 Å². The van der Waals surface area contributed by atoms with Crippen LogP contribution in [0.2, 0.25) is 0 Å². The van der Waals surface area contributed by atoms with Gasteiger partial charge in [0, 0.05) is 17.3 Å². The number of ether oxygens (including phenoxy) is 3. The molecule has 0 N–H and O–H groups in total. The second-order valence-electron chi connectivity index (χ2n) is 10.8. The molecule has 3 aromatic carbocycles. The summed E-state index contributed by atoms with van der Waals surface area (Å²) in [4.78, 5) is 32.9. The highest BCUT2D eigenvalue weighted by atomic mass is 32.1. The van der Waals surface area contributed by atoms with Gasteiger partial charge in [-0.3, -0.25) is 9.36 Å². The molecule has 1 atom stereocenters. The molecule has 9 nitrogen and oxygen atoms in total. The summed E-state index contributed by atoms with van der Waals surface area (Å²) in [5.74, 6) is 0.892. The highest BCUT2D eigenvalue weighted by molar-refractivity contribution is 7.07. The van der Waals surface area contributed by atoms with Crippen molar-refractivity contribution in [2.75, 3.05) is 14.2 Å². The third kappa shape index (κ3) is 5.84. The lowest BCUT2D eigenvalue weighted by atomic mass is 9.96. The number of fused-ring (bicyclic) bond motifs is 1. The van der Waals surface area contributed by atoms with Gasteiger partial charge in [0.15, 0.2) is 4.80 Å². The Hall–Kier alpha value is -5.22. The molecule has 3 heterocycles. The molecule has 228 valence electrons. The zero-order valence-corrected chi connectivity index (χ0v) is 26.4. The van der Waals surface area contributed by atoms with Crippen molar-refractivity contribution in [2.45, 2.75) is 32.9 Å². The number of rotatable bonds is 8. The van der Waals surface area contributed by atoms with E-state index in [9.17, 15) is 9.59 Å². The quantitative estimate of drug-likeness (QED) is 0.225. The van der Waals surface area contributed by atoms with Gasteiger partial charge < -0.3 is 14.2 Å². The molecule has 1 aliphatic heterocycles. The maximum atomic E-state index is 14.3. The van der Waals surface area contributed by atoms with Crippen LogP contribution in [-0.2, 0) is 9.53 Å². The normalized spacial score (nSPS) is 14.7. The fourth-order valence-electron chi connectivity index (χ4n) is 5.28. The van der Waals surface area contributed by atoms with Crippen LogP contribution in [0.5, 0.6) is 11.5 Å². The average Bonchev–Trinajstić information content (AvgIpc) is 3.61. The van der Waals surface area contributed by atoms with E-state index in [1.54, 1.807) is 44.2 Å². The smallest absolute Gasteiger partial charge is 0.338 e. The Morgan fingerprint density at radius 3 is 2.20 bits per heavy atom. The number of allylic oxidation sites excluding steroid dienone is 1. The lowest BCUT2D eigenvalue weighted by Crippen LogP contribution is -2.40. The van der Waals surface area contributed by atoms with Crippen molar-refractivity contribution in [2.24, 2.45) is 4.99 Å². The van der Waals surface area contributed by atoms with Crippen LogP contribution in [-0.4, -0.2) is 40.6 Å². The molecule has 0 saturated carbocycles. The summed E-state index contributed by atoms with van der Waals surface area (Å²) < 4.78 is 20.2. The van der Waals surface area contributed by atoms with Gasteiger partial charge in [-0.1, -0.05) is 41.7 Å². The van der Waals surface area contributed by atoms with E-state index in [4.69, 9.17) is 24.3 Å². The molecule has 1 aliphatic rings. The van der Waals surface area contributed by atoms with Crippen molar-refractivity contribution >= 4 is 23.4 Å². The number of thiazole rings is 1. The van der Waals surface area contributed by atoms with Crippen LogP contribution in [0, 0.1) is 0 Å². The molecule has 2 aromatic heterocycles. The van der Waals surface area contributed by atoms with Crippen LogP contribution in [0.15, 0.2) is 106 Å². The minimum atomic E-state index is -0.728. The molecule has 5 aromatic rings. The Morgan fingerprint density at radius 1 is 0.933 bits per heavy atom. The molecule has 0 amide bonds. The third-order valence-electron chi connectivity index (χ3n) is 7.43. The monoisotopic (exact) mass is 620 g/mol. The van der Waals surface area contributed by atoms with Crippen molar-refractivity contribution < 1.29 is 19.0 Å². The zero-order valence-electron chi connectivity index (χ0n) is 25.6. The Balaban J connectivity index is 1.54. The molecule has 6 rings (SSSR count). The van der Waals surface area contributed by atoms with E-state index in [0.29, 0.717) is 32.0 Å². The lowest BCUT2D eigenvalue weighted by Gasteiger charge is -2.25. The first kappa shape index (κ1) is 29.8. The van der Waals surface area contributed by atoms with Crippen LogP contribution >= 0.6 is 11.3 Å². The van der Waals surface area contributed by atoms with Gasteiger partial charge in [-0.15, -0.1) is 0 Å². The number of methoxy groups -OCH3 is 2. The average molecular weight is 621 g/mol. The second kappa shape index (κ2) is 12.4. The van der Waals surface area contributed by atoms with Gasteiger partial charge in [-0.25, -0.2) is 14.5 Å². The summed E-state index contributed by atoms with van der Waals surface area (Å²) in [6.45, 7) is 5.36. The van der Waals surface area contributed by atoms with Crippen LogP contribution in [0.4, 0.5) is 0 Å². The number of esters is 1. The van der Waals surface area contributed by atoms with Crippen LogP contribution in [0.3, 0.4) is 0 Å². The summed E-state index contributed by atoms with van der Waals surface area (Å²) in [5, 5.41) is 4.90. The molecule has 0 fully saturated rings. The molecule has 0 spiro atoms. The van der Waals surface area contributed by atoms with Crippen LogP contribution < -0.4 is 24.4 Å². The van der Waals surface area contributed by atoms with E-state index in [2.05, 4.69) is 0 Å². The number of aromatic nitrogens is 3. The highest BCUT2D eigenvalue weighted by Gasteiger charge is 2.34. The zero-order chi connectivity index (χ0) is 31.7. The fraction of sp³-hybridized carbons (Fsp3) is 0.200. The topological polar surface area (TPSA) is 96.9 Å². The van der Waals surface area contributed by atoms with Gasteiger partial charge in [0.05, 0.1) is 47.9 Å². The molecule has 0 unspecified atom stereocenters. The Bertz CT molecular complexity index is 2070. The molecule has 0 aliphatic carbocycles. The largest absolute Gasteiger partial charge is 0.497 e. The van der Waals surface area contributed by atoms with Crippen molar-refractivity contribution in [3.05, 3.63) is 127 Å². The standard InChI is InChI=1S/C35H32N4O5S/c1-21(2)44-34(41)30-22(3)36-35-39(32(30)24-13-17-28(43-5)18-14-24)33(40)29(45-35)19-25-20-38(26-9-7-6-8-10-26)37-31(25)23-11-15-27(42-4)16-12-23/h6-21,32H,1-5H3/b29-19-/t32-/m1/s1. The third-order valence-corrected chi connectivity index (χ3v) is 8.41. The molecule has 0 saturated heterocycles. The van der Waals surface area contributed by atoms with Gasteiger partial charge in [0.2, 0.25) is 0 Å². The molecule has 0 bridgehead atoms. The number of hydrogen-bond donors (Lipinski definition) is 0. The number of nitrogens with zero attached hydrogens (tertiary/aromatic N) is 4. The first-order valence-electron chi connectivity index (χ1n) is 14.4.